The van der Waals surface area contributed by atoms with Gasteiger partial charge in [0, 0.05) is 32.0 Å². The number of carbonyl (C=O) groups excluding carboxylic acids is 1. The number of nitrogens with zero attached hydrogens (tertiary/aromatic N) is 2. The molecule has 0 radical (unpaired) electrons. The molecule has 5 nitrogen and oxygen atoms in total. The molecular weight excluding hydrogens is 290 g/mol. The van der Waals surface area contributed by atoms with E-state index in [1.54, 1.807) is 0 Å². The molecule has 1 amide bonds. The summed E-state index contributed by atoms with van der Waals surface area (Å²) < 4.78 is 5.43. The molecule has 1 saturated heterocycles. The fraction of sp³-hybridized carbons (Fsp3) is 0.667. The number of likely N-dealkylation sites (tertiary alicyclic amines) is 1. The number of aryl methyl sites for hydroxylation is 1. The Hall–Kier alpha value is -1.62. The smallest absolute Gasteiger partial charge is 0.410 e. The summed E-state index contributed by atoms with van der Waals surface area (Å²) in [6.45, 7) is 11.2. The minimum Gasteiger partial charge on any atom is -0.444 e. The molecule has 2 heterocycles. The van der Waals surface area contributed by atoms with Crippen LogP contribution in [0.2, 0.25) is 0 Å². The van der Waals surface area contributed by atoms with E-state index in [-0.39, 0.29) is 6.09 Å². The Kier molecular flexibility index (Phi) is 5.99. The van der Waals surface area contributed by atoms with Gasteiger partial charge in [0.25, 0.3) is 0 Å². The summed E-state index contributed by atoms with van der Waals surface area (Å²) >= 11 is 0. The maximum absolute atomic E-state index is 12.0. The van der Waals surface area contributed by atoms with Crippen molar-refractivity contribution in [3.8, 4) is 0 Å². The zero-order chi connectivity index (χ0) is 16.9. The van der Waals surface area contributed by atoms with Crippen molar-refractivity contribution in [2.75, 3.05) is 19.6 Å². The molecule has 5 heteroatoms. The first-order chi connectivity index (χ1) is 10.8. The Labute approximate surface area is 139 Å². The van der Waals surface area contributed by atoms with Crippen molar-refractivity contribution in [3.05, 3.63) is 29.6 Å². The number of carbonyl (C=O) groups is 1. The van der Waals surface area contributed by atoms with Gasteiger partial charge in [-0.25, -0.2) is 4.79 Å². The lowest BCUT2D eigenvalue weighted by molar-refractivity contribution is 0.0287. The van der Waals surface area contributed by atoms with Crippen molar-refractivity contribution in [2.24, 2.45) is 5.92 Å². The molecular formula is C18H29N3O2. The summed E-state index contributed by atoms with van der Waals surface area (Å²) in [4.78, 5) is 18.0. The van der Waals surface area contributed by atoms with E-state index >= 15 is 0 Å². The predicted octanol–water partition coefficient (Wildman–Crippen LogP) is 3.13. The van der Waals surface area contributed by atoms with Gasteiger partial charge in [0.15, 0.2) is 0 Å². The molecule has 0 saturated carbocycles. The lowest BCUT2D eigenvalue weighted by atomic mass is 10.1. The van der Waals surface area contributed by atoms with Crippen LogP contribution in [0.1, 0.15) is 44.7 Å². The van der Waals surface area contributed by atoms with Crippen LogP contribution in [0.3, 0.4) is 0 Å². The minimum absolute atomic E-state index is 0.182. The van der Waals surface area contributed by atoms with E-state index in [0.717, 1.165) is 39.0 Å². The molecule has 1 aliphatic rings. The van der Waals surface area contributed by atoms with Crippen molar-refractivity contribution in [1.82, 2.24) is 15.2 Å². The highest BCUT2D eigenvalue weighted by molar-refractivity contribution is 5.68. The summed E-state index contributed by atoms with van der Waals surface area (Å²) in [5.41, 5.74) is 2.09. The van der Waals surface area contributed by atoms with Gasteiger partial charge in [0.1, 0.15) is 5.60 Å². The van der Waals surface area contributed by atoms with E-state index in [2.05, 4.69) is 17.2 Å². The number of pyridine rings is 1. The van der Waals surface area contributed by atoms with Gasteiger partial charge in [-0.1, -0.05) is 0 Å². The maximum Gasteiger partial charge on any atom is 0.410 e. The van der Waals surface area contributed by atoms with Crippen molar-refractivity contribution in [3.63, 3.8) is 0 Å². The maximum atomic E-state index is 12.0. The van der Waals surface area contributed by atoms with Gasteiger partial charge in [-0.2, -0.15) is 0 Å². The Morgan fingerprint density at radius 1 is 1.48 bits per heavy atom. The SMILES string of the molecule is Cc1ccncc1CNCCC1CCN(C(=O)OC(C)(C)C)C1. The van der Waals surface area contributed by atoms with Gasteiger partial charge in [0.05, 0.1) is 0 Å². The molecule has 1 atom stereocenters. The number of hydrogen-bond acceptors (Lipinski definition) is 4. The molecule has 0 aliphatic carbocycles. The minimum atomic E-state index is -0.418. The van der Waals surface area contributed by atoms with Gasteiger partial charge in [-0.3, -0.25) is 4.98 Å². The Morgan fingerprint density at radius 3 is 2.96 bits per heavy atom. The van der Waals surface area contributed by atoms with Gasteiger partial charge in [-0.15, -0.1) is 0 Å². The van der Waals surface area contributed by atoms with Crippen LogP contribution in [0.5, 0.6) is 0 Å². The highest BCUT2D eigenvalue weighted by Gasteiger charge is 2.29. The normalized spacial score (nSPS) is 18.3. The third-order valence-electron chi connectivity index (χ3n) is 4.13. The van der Waals surface area contributed by atoms with Gasteiger partial charge in [0.2, 0.25) is 0 Å². The zero-order valence-electron chi connectivity index (χ0n) is 14.8. The van der Waals surface area contributed by atoms with Crippen molar-refractivity contribution in [2.45, 2.75) is 52.7 Å². The van der Waals surface area contributed by atoms with Crippen LogP contribution in [0.25, 0.3) is 0 Å². The molecule has 1 aromatic rings. The second-order valence-corrected chi connectivity index (χ2v) is 7.35. The lowest BCUT2D eigenvalue weighted by Gasteiger charge is -2.24. The predicted molar refractivity (Wildman–Crippen MR) is 91.2 cm³/mol. The molecule has 2 rings (SSSR count). The molecule has 128 valence electrons. The van der Waals surface area contributed by atoms with Gasteiger partial charge < -0.3 is 15.0 Å². The van der Waals surface area contributed by atoms with E-state index in [9.17, 15) is 4.79 Å². The molecule has 1 unspecified atom stereocenters. The fourth-order valence-corrected chi connectivity index (χ4v) is 2.77. The van der Waals surface area contributed by atoms with Crippen LogP contribution in [0.4, 0.5) is 4.79 Å². The Bertz CT molecular complexity index is 525. The van der Waals surface area contributed by atoms with Crippen LogP contribution in [-0.2, 0) is 11.3 Å². The Morgan fingerprint density at radius 2 is 2.26 bits per heavy atom. The highest BCUT2D eigenvalue weighted by atomic mass is 16.6. The molecule has 1 fully saturated rings. The average molecular weight is 319 g/mol. The standard InChI is InChI=1S/C18H29N3O2/c1-14-5-8-19-11-16(14)12-20-9-6-15-7-10-21(13-15)17(22)23-18(2,3)4/h5,8,11,15,20H,6-7,9-10,12-13H2,1-4H3. The van der Waals surface area contributed by atoms with Crippen LogP contribution in [-0.4, -0.2) is 41.2 Å². The molecule has 1 aromatic heterocycles. The fourth-order valence-electron chi connectivity index (χ4n) is 2.77. The van der Waals surface area contributed by atoms with E-state index in [1.165, 1.54) is 11.1 Å². The molecule has 1 N–H and O–H groups in total. The van der Waals surface area contributed by atoms with E-state index in [1.807, 2.05) is 44.1 Å². The first-order valence-corrected chi connectivity index (χ1v) is 8.43. The van der Waals surface area contributed by atoms with Gasteiger partial charge in [-0.05, 0) is 70.2 Å². The molecule has 1 aliphatic heterocycles. The second-order valence-electron chi connectivity index (χ2n) is 7.35. The first-order valence-electron chi connectivity index (χ1n) is 8.43. The molecule has 0 aromatic carbocycles. The second kappa shape index (κ2) is 7.77. The van der Waals surface area contributed by atoms with Crippen LogP contribution in [0.15, 0.2) is 18.5 Å². The van der Waals surface area contributed by atoms with Crippen LogP contribution in [0, 0.1) is 12.8 Å². The van der Waals surface area contributed by atoms with Crippen molar-refractivity contribution in [1.29, 1.82) is 0 Å². The molecule has 23 heavy (non-hydrogen) atoms. The summed E-state index contributed by atoms with van der Waals surface area (Å²) in [5.74, 6) is 0.560. The van der Waals surface area contributed by atoms with Crippen LogP contribution >= 0.6 is 0 Å². The third-order valence-corrected chi connectivity index (χ3v) is 4.13. The largest absolute Gasteiger partial charge is 0.444 e. The van der Waals surface area contributed by atoms with Gasteiger partial charge >= 0.3 is 6.09 Å². The van der Waals surface area contributed by atoms with E-state index in [0.29, 0.717) is 5.92 Å². The summed E-state index contributed by atoms with van der Waals surface area (Å²) in [6, 6.07) is 2.03. The molecule has 0 bridgehead atoms. The average Bonchev–Trinajstić information content (AvgIpc) is 2.92. The number of hydrogen-bond donors (Lipinski definition) is 1. The number of aromatic nitrogens is 1. The summed E-state index contributed by atoms with van der Waals surface area (Å²) in [7, 11) is 0. The Balaban J connectivity index is 1.66. The zero-order valence-corrected chi connectivity index (χ0v) is 14.8. The quantitative estimate of drug-likeness (QED) is 0.847. The lowest BCUT2D eigenvalue weighted by Crippen LogP contribution is -2.35. The highest BCUT2D eigenvalue weighted by Crippen LogP contribution is 2.21. The number of amides is 1. The van der Waals surface area contributed by atoms with E-state index < -0.39 is 5.60 Å². The van der Waals surface area contributed by atoms with E-state index in [4.69, 9.17) is 4.74 Å². The van der Waals surface area contributed by atoms with Crippen molar-refractivity contribution < 1.29 is 9.53 Å². The monoisotopic (exact) mass is 319 g/mol. The summed E-state index contributed by atoms with van der Waals surface area (Å²) in [6.07, 6.45) is 5.70. The topological polar surface area (TPSA) is 54.5 Å². The summed E-state index contributed by atoms with van der Waals surface area (Å²) in [5, 5.41) is 3.48. The number of rotatable bonds is 5. The third kappa shape index (κ3) is 5.82. The molecule has 0 spiro atoms. The number of nitrogens with one attached hydrogen (secondary N) is 1. The number of ether oxygens (including phenoxy) is 1. The van der Waals surface area contributed by atoms with Crippen molar-refractivity contribution >= 4 is 6.09 Å². The first kappa shape index (κ1) is 17.7. The van der Waals surface area contributed by atoms with Crippen LogP contribution < -0.4 is 5.32 Å².